The molecular formula is C11H13NO3. The Bertz CT molecular complexity index is 367. The van der Waals surface area contributed by atoms with Crippen LogP contribution in [0, 0.1) is 0 Å². The topological polar surface area (TPSA) is 60.8 Å². The summed E-state index contributed by atoms with van der Waals surface area (Å²) in [6.45, 7) is 3.93. The van der Waals surface area contributed by atoms with Crippen LogP contribution in [0.3, 0.4) is 0 Å². The number of carbonyl (C=O) groups excluding carboxylic acids is 1. The van der Waals surface area contributed by atoms with Gasteiger partial charge in [0.05, 0.1) is 0 Å². The van der Waals surface area contributed by atoms with Gasteiger partial charge in [-0.1, -0.05) is 6.08 Å². The van der Waals surface area contributed by atoms with Crippen molar-refractivity contribution < 1.29 is 15.0 Å². The van der Waals surface area contributed by atoms with Gasteiger partial charge in [-0.3, -0.25) is 4.79 Å². The summed E-state index contributed by atoms with van der Waals surface area (Å²) in [5.74, 6) is -0.545. The van der Waals surface area contributed by atoms with Crippen LogP contribution in [0.2, 0.25) is 0 Å². The first-order chi connectivity index (χ1) is 7.04. The molecule has 80 valence electrons. The molecule has 0 bridgehead atoms. The minimum atomic E-state index is -0.277. The van der Waals surface area contributed by atoms with Gasteiger partial charge in [0.2, 0.25) is 0 Å². The van der Waals surface area contributed by atoms with E-state index >= 15 is 0 Å². The Morgan fingerprint density at radius 2 is 1.93 bits per heavy atom. The van der Waals surface area contributed by atoms with Crippen molar-refractivity contribution >= 4 is 5.91 Å². The van der Waals surface area contributed by atoms with Gasteiger partial charge in [-0.2, -0.15) is 0 Å². The van der Waals surface area contributed by atoms with Crippen LogP contribution in [0.4, 0.5) is 0 Å². The van der Waals surface area contributed by atoms with Crippen LogP contribution in [-0.4, -0.2) is 34.6 Å². The highest BCUT2D eigenvalue weighted by molar-refractivity contribution is 5.95. The molecule has 2 N–H and O–H groups in total. The molecule has 15 heavy (non-hydrogen) atoms. The zero-order valence-corrected chi connectivity index (χ0v) is 8.47. The van der Waals surface area contributed by atoms with E-state index in [1.165, 1.54) is 23.1 Å². The van der Waals surface area contributed by atoms with Crippen LogP contribution in [-0.2, 0) is 0 Å². The quantitative estimate of drug-likeness (QED) is 0.735. The number of carbonyl (C=O) groups is 1. The molecule has 0 saturated carbocycles. The molecule has 0 aliphatic rings. The summed E-state index contributed by atoms with van der Waals surface area (Å²) in [4.78, 5) is 13.1. The van der Waals surface area contributed by atoms with E-state index in [1.54, 1.807) is 13.1 Å². The maximum atomic E-state index is 11.7. The van der Waals surface area contributed by atoms with Crippen molar-refractivity contribution in [2.75, 3.05) is 13.6 Å². The highest BCUT2D eigenvalue weighted by Gasteiger charge is 2.12. The molecule has 0 aliphatic carbocycles. The van der Waals surface area contributed by atoms with Gasteiger partial charge in [0.1, 0.15) is 11.5 Å². The Hall–Kier alpha value is -1.97. The Kier molecular flexibility index (Phi) is 3.33. The average Bonchev–Trinajstić information content (AvgIpc) is 2.15. The van der Waals surface area contributed by atoms with Crippen LogP contribution < -0.4 is 0 Å². The molecule has 1 rings (SSSR count). The van der Waals surface area contributed by atoms with Crippen LogP contribution in [0.15, 0.2) is 30.9 Å². The molecule has 0 fully saturated rings. The fourth-order valence-corrected chi connectivity index (χ4v) is 1.22. The fraction of sp³-hybridized carbons (Fsp3) is 0.182. The summed E-state index contributed by atoms with van der Waals surface area (Å²) in [5.41, 5.74) is 0.247. The van der Waals surface area contributed by atoms with Gasteiger partial charge >= 0.3 is 0 Å². The second kappa shape index (κ2) is 4.50. The number of phenolic OH excluding ortho intramolecular Hbond substituents is 2. The van der Waals surface area contributed by atoms with Crippen molar-refractivity contribution in [1.29, 1.82) is 0 Å². The standard InChI is InChI=1S/C11H13NO3/c1-3-4-12(2)11(15)8-5-9(13)7-10(14)6-8/h3,5-7,13-14H,1,4H2,2H3. The van der Waals surface area contributed by atoms with Crippen molar-refractivity contribution in [2.45, 2.75) is 0 Å². The minimum absolute atomic E-state index is 0.134. The van der Waals surface area contributed by atoms with Crippen molar-refractivity contribution in [3.05, 3.63) is 36.4 Å². The zero-order chi connectivity index (χ0) is 11.4. The van der Waals surface area contributed by atoms with E-state index in [0.29, 0.717) is 6.54 Å². The first-order valence-corrected chi connectivity index (χ1v) is 4.44. The van der Waals surface area contributed by atoms with Crippen molar-refractivity contribution in [1.82, 2.24) is 4.90 Å². The molecule has 4 nitrogen and oxygen atoms in total. The molecular weight excluding hydrogens is 194 g/mol. The number of benzene rings is 1. The minimum Gasteiger partial charge on any atom is -0.508 e. The first-order valence-electron chi connectivity index (χ1n) is 4.44. The van der Waals surface area contributed by atoms with Crippen LogP contribution in [0.1, 0.15) is 10.4 Å². The lowest BCUT2D eigenvalue weighted by atomic mass is 10.2. The highest BCUT2D eigenvalue weighted by atomic mass is 16.3. The van der Waals surface area contributed by atoms with Gasteiger partial charge in [0.25, 0.3) is 5.91 Å². The normalized spacial score (nSPS) is 9.67. The molecule has 1 amide bonds. The van der Waals surface area contributed by atoms with E-state index in [-0.39, 0.29) is 23.0 Å². The number of hydrogen-bond acceptors (Lipinski definition) is 3. The molecule has 0 atom stereocenters. The molecule has 0 aromatic heterocycles. The first kappa shape index (κ1) is 11.1. The second-order valence-corrected chi connectivity index (χ2v) is 3.21. The van der Waals surface area contributed by atoms with Crippen molar-refractivity contribution in [2.24, 2.45) is 0 Å². The Balaban J connectivity index is 2.95. The monoisotopic (exact) mass is 207 g/mol. The number of rotatable bonds is 3. The number of hydrogen-bond donors (Lipinski definition) is 2. The predicted molar refractivity (Wildman–Crippen MR) is 56.9 cm³/mol. The summed E-state index contributed by atoms with van der Waals surface area (Å²) in [7, 11) is 1.62. The Labute approximate surface area is 88.1 Å². The maximum Gasteiger partial charge on any atom is 0.254 e. The third-order valence-electron chi connectivity index (χ3n) is 1.90. The van der Waals surface area contributed by atoms with Gasteiger partial charge in [0, 0.05) is 25.2 Å². The van der Waals surface area contributed by atoms with Gasteiger partial charge in [0.15, 0.2) is 0 Å². The molecule has 4 heteroatoms. The number of likely N-dealkylation sites (N-methyl/N-ethyl adjacent to an activating group) is 1. The molecule has 0 aliphatic heterocycles. The zero-order valence-electron chi connectivity index (χ0n) is 8.47. The molecule has 0 radical (unpaired) electrons. The lowest BCUT2D eigenvalue weighted by Crippen LogP contribution is -2.26. The van der Waals surface area contributed by atoms with E-state index in [9.17, 15) is 15.0 Å². The summed E-state index contributed by atoms with van der Waals surface area (Å²) in [5, 5.41) is 18.4. The third-order valence-corrected chi connectivity index (χ3v) is 1.90. The summed E-state index contributed by atoms with van der Waals surface area (Å²) < 4.78 is 0. The van der Waals surface area contributed by atoms with Crippen LogP contribution >= 0.6 is 0 Å². The molecule has 0 spiro atoms. The van der Waals surface area contributed by atoms with Gasteiger partial charge in [-0.25, -0.2) is 0 Å². The largest absolute Gasteiger partial charge is 0.508 e. The van der Waals surface area contributed by atoms with E-state index < -0.39 is 0 Å². The number of nitrogens with zero attached hydrogens (tertiary/aromatic N) is 1. The van der Waals surface area contributed by atoms with Gasteiger partial charge in [-0.05, 0) is 12.1 Å². The lowest BCUT2D eigenvalue weighted by Gasteiger charge is -2.14. The fourth-order valence-electron chi connectivity index (χ4n) is 1.22. The van der Waals surface area contributed by atoms with Crippen molar-refractivity contribution in [3.63, 3.8) is 0 Å². The maximum absolute atomic E-state index is 11.7. The molecule has 0 saturated heterocycles. The Morgan fingerprint density at radius 1 is 1.40 bits per heavy atom. The lowest BCUT2D eigenvalue weighted by molar-refractivity contribution is 0.0809. The molecule has 0 heterocycles. The van der Waals surface area contributed by atoms with Crippen LogP contribution in [0.25, 0.3) is 0 Å². The molecule has 1 aromatic rings. The van der Waals surface area contributed by atoms with Crippen LogP contribution in [0.5, 0.6) is 11.5 Å². The smallest absolute Gasteiger partial charge is 0.254 e. The van der Waals surface area contributed by atoms with Gasteiger partial charge in [-0.15, -0.1) is 6.58 Å². The van der Waals surface area contributed by atoms with E-state index in [0.717, 1.165) is 0 Å². The van der Waals surface area contributed by atoms with E-state index in [2.05, 4.69) is 6.58 Å². The Morgan fingerprint density at radius 3 is 2.40 bits per heavy atom. The number of phenols is 2. The molecule has 0 unspecified atom stereocenters. The van der Waals surface area contributed by atoms with E-state index in [4.69, 9.17) is 0 Å². The highest BCUT2D eigenvalue weighted by Crippen LogP contribution is 2.21. The summed E-state index contributed by atoms with van der Waals surface area (Å²) in [6, 6.07) is 3.79. The molecule has 1 aromatic carbocycles. The average molecular weight is 207 g/mol. The third kappa shape index (κ3) is 2.74. The summed E-state index contributed by atoms with van der Waals surface area (Å²) >= 11 is 0. The van der Waals surface area contributed by atoms with Crippen molar-refractivity contribution in [3.8, 4) is 11.5 Å². The summed E-state index contributed by atoms with van der Waals surface area (Å²) in [6.07, 6.45) is 1.60. The second-order valence-electron chi connectivity index (χ2n) is 3.21. The number of amides is 1. The number of aromatic hydroxyl groups is 2. The van der Waals surface area contributed by atoms with Gasteiger partial charge < -0.3 is 15.1 Å². The SMILES string of the molecule is C=CCN(C)C(=O)c1cc(O)cc(O)c1. The predicted octanol–water partition coefficient (Wildman–Crippen LogP) is 1.36. The van der Waals surface area contributed by atoms with E-state index in [1.807, 2.05) is 0 Å².